The number of aliphatic hydroxyl groups excluding tert-OH is 1. The molecule has 0 aliphatic heterocycles. The molecule has 3 nitrogen and oxygen atoms in total. The molecule has 0 fully saturated rings. The molecule has 0 aliphatic rings. The molecule has 0 spiro atoms. The van der Waals surface area contributed by atoms with Crippen LogP contribution in [0, 0.1) is 0 Å². The van der Waals surface area contributed by atoms with Crippen molar-refractivity contribution in [2.45, 2.75) is 58.0 Å². The Bertz CT molecular complexity index is 517. The number of carboxylic acids is 1. The van der Waals surface area contributed by atoms with E-state index in [4.69, 9.17) is 5.11 Å². The number of carboxylic acid groups (broad SMARTS) is 1. The predicted molar refractivity (Wildman–Crippen MR) is 96.1 cm³/mol. The first-order chi connectivity index (χ1) is 11.1. The van der Waals surface area contributed by atoms with E-state index >= 15 is 0 Å². The van der Waals surface area contributed by atoms with Gasteiger partial charge in [0.15, 0.2) is 0 Å². The molecule has 0 radical (unpaired) electrons. The first-order valence-corrected chi connectivity index (χ1v) is 8.46. The molecule has 1 aromatic carbocycles. The van der Waals surface area contributed by atoms with E-state index in [9.17, 15) is 9.90 Å². The number of carbonyl (C=O) groups is 1. The van der Waals surface area contributed by atoms with E-state index in [1.165, 1.54) is 0 Å². The summed E-state index contributed by atoms with van der Waals surface area (Å²) >= 11 is 0. The Balaban J connectivity index is 2.46. The Hall–Kier alpha value is -1.87. The van der Waals surface area contributed by atoms with Crippen LogP contribution in [0.3, 0.4) is 0 Å². The van der Waals surface area contributed by atoms with Gasteiger partial charge in [0.05, 0.1) is 6.10 Å². The minimum atomic E-state index is -0.747. The van der Waals surface area contributed by atoms with Crippen molar-refractivity contribution in [1.29, 1.82) is 0 Å². The maximum Gasteiger partial charge on any atom is 0.303 e. The molecule has 0 bridgehead atoms. The second kappa shape index (κ2) is 11.7. The molecule has 23 heavy (non-hydrogen) atoms. The van der Waals surface area contributed by atoms with Crippen LogP contribution >= 0.6 is 0 Å². The number of aliphatic hydroxyl groups is 1. The molecule has 1 atom stereocenters. The van der Waals surface area contributed by atoms with E-state index < -0.39 is 5.97 Å². The first kappa shape index (κ1) is 19.2. The lowest BCUT2D eigenvalue weighted by molar-refractivity contribution is -0.137. The summed E-state index contributed by atoms with van der Waals surface area (Å²) in [5.74, 6) is -0.747. The highest BCUT2D eigenvalue weighted by molar-refractivity contribution is 5.66. The Morgan fingerprint density at radius 3 is 2.61 bits per heavy atom. The first-order valence-electron chi connectivity index (χ1n) is 8.46. The number of rotatable bonds is 11. The third-order valence-electron chi connectivity index (χ3n) is 3.60. The molecule has 0 heterocycles. The van der Waals surface area contributed by atoms with Crippen LogP contribution in [-0.2, 0) is 4.79 Å². The van der Waals surface area contributed by atoms with Gasteiger partial charge < -0.3 is 10.2 Å². The van der Waals surface area contributed by atoms with E-state index in [2.05, 4.69) is 13.0 Å². The maximum atomic E-state index is 10.4. The number of unbranched alkanes of at least 4 members (excludes halogenated alkanes) is 3. The van der Waals surface area contributed by atoms with Crippen LogP contribution in [0.5, 0.6) is 0 Å². The second-order valence-electron chi connectivity index (χ2n) is 5.78. The average Bonchev–Trinajstić information content (AvgIpc) is 2.53. The van der Waals surface area contributed by atoms with Crippen molar-refractivity contribution < 1.29 is 15.0 Å². The third-order valence-corrected chi connectivity index (χ3v) is 3.60. The molecule has 1 rings (SSSR count). The van der Waals surface area contributed by atoms with E-state index in [1.54, 1.807) is 0 Å². The molecular formula is C20H28O3. The Labute approximate surface area is 139 Å². The molecule has 1 aromatic rings. The van der Waals surface area contributed by atoms with Gasteiger partial charge in [-0.25, -0.2) is 0 Å². The summed E-state index contributed by atoms with van der Waals surface area (Å²) in [6, 6.07) is 8.07. The molecule has 0 saturated heterocycles. The zero-order chi connectivity index (χ0) is 16.9. The Morgan fingerprint density at radius 2 is 1.91 bits per heavy atom. The van der Waals surface area contributed by atoms with Gasteiger partial charge in [-0.15, -0.1) is 0 Å². The van der Waals surface area contributed by atoms with Crippen molar-refractivity contribution in [3.05, 3.63) is 47.5 Å². The molecule has 0 saturated carbocycles. The average molecular weight is 316 g/mol. The van der Waals surface area contributed by atoms with Gasteiger partial charge in [0.25, 0.3) is 0 Å². The van der Waals surface area contributed by atoms with E-state index in [-0.39, 0.29) is 12.5 Å². The normalized spacial score (nSPS) is 13.0. The largest absolute Gasteiger partial charge is 0.481 e. The maximum absolute atomic E-state index is 10.4. The van der Waals surface area contributed by atoms with Gasteiger partial charge in [0, 0.05) is 6.42 Å². The molecular weight excluding hydrogens is 288 g/mol. The zero-order valence-corrected chi connectivity index (χ0v) is 13.9. The highest BCUT2D eigenvalue weighted by atomic mass is 16.4. The summed E-state index contributed by atoms with van der Waals surface area (Å²) in [6.07, 6.45) is 13.3. The SMILES string of the molecule is CCCCCC(O)/C=C/c1cccc(/C=C/CCCC(=O)O)c1. The van der Waals surface area contributed by atoms with Gasteiger partial charge in [-0.2, -0.15) is 0 Å². The number of allylic oxidation sites excluding steroid dienone is 1. The summed E-state index contributed by atoms with van der Waals surface area (Å²) in [5.41, 5.74) is 2.15. The van der Waals surface area contributed by atoms with Gasteiger partial charge >= 0.3 is 5.97 Å². The zero-order valence-electron chi connectivity index (χ0n) is 13.9. The predicted octanol–water partition coefficient (Wildman–Crippen LogP) is 4.91. The van der Waals surface area contributed by atoms with E-state index in [1.807, 2.05) is 42.5 Å². The van der Waals surface area contributed by atoms with Crippen molar-refractivity contribution in [2.75, 3.05) is 0 Å². The van der Waals surface area contributed by atoms with Crippen LogP contribution in [0.25, 0.3) is 12.2 Å². The summed E-state index contributed by atoms with van der Waals surface area (Å²) in [4.78, 5) is 10.4. The van der Waals surface area contributed by atoms with Crippen molar-refractivity contribution in [3.63, 3.8) is 0 Å². The van der Waals surface area contributed by atoms with Crippen LogP contribution in [0.1, 0.15) is 63.0 Å². The van der Waals surface area contributed by atoms with Gasteiger partial charge in [-0.3, -0.25) is 4.79 Å². The van der Waals surface area contributed by atoms with Gasteiger partial charge in [0.2, 0.25) is 0 Å². The topological polar surface area (TPSA) is 57.5 Å². The number of aliphatic carboxylic acids is 1. The van der Waals surface area contributed by atoms with Crippen LogP contribution < -0.4 is 0 Å². The molecule has 3 heteroatoms. The van der Waals surface area contributed by atoms with Crippen molar-refractivity contribution in [3.8, 4) is 0 Å². The fraction of sp³-hybridized carbons (Fsp3) is 0.450. The Morgan fingerprint density at radius 1 is 1.17 bits per heavy atom. The van der Waals surface area contributed by atoms with Crippen LogP contribution in [0.4, 0.5) is 0 Å². The smallest absolute Gasteiger partial charge is 0.303 e. The fourth-order valence-electron chi connectivity index (χ4n) is 2.28. The summed E-state index contributed by atoms with van der Waals surface area (Å²) < 4.78 is 0. The summed E-state index contributed by atoms with van der Waals surface area (Å²) in [6.45, 7) is 2.16. The summed E-state index contributed by atoms with van der Waals surface area (Å²) in [5, 5.41) is 18.5. The molecule has 0 aromatic heterocycles. The number of hydrogen-bond acceptors (Lipinski definition) is 2. The molecule has 0 amide bonds. The lowest BCUT2D eigenvalue weighted by atomic mass is 10.1. The molecule has 1 unspecified atom stereocenters. The third kappa shape index (κ3) is 9.69. The summed E-state index contributed by atoms with van der Waals surface area (Å²) in [7, 11) is 0. The van der Waals surface area contributed by atoms with E-state index in [0.29, 0.717) is 6.42 Å². The molecule has 126 valence electrons. The van der Waals surface area contributed by atoms with Crippen molar-refractivity contribution >= 4 is 18.1 Å². The van der Waals surface area contributed by atoms with Crippen LogP contribution in [-0.4, -0.2) is 22.3 Å². The van der Waals surface area contributed by atoms with Gasteiger partial charge in [0.1, 0.15) is 0 Å². The van der Waals surface area contributed by atoms with Crippen molar-refractivity contribution in [2.24, 2.45) is 0 Å². The quantitative estimate of drug-likeness (QED) is 0.570. The highest BCUT2D eigenvalue weighted by Gasteiger charge is 1.98. The second-order valence-corrected chi connectivity index (χ2v) is 5.78. The number of hydrogen-bond donors (Lipinski definition) is 2. The van der Waals surface area contributed by atoms with Gasteiger partial charge in [-0.05, 0) is 36.5 Å². The lowest BCUT2D eigenvalue weighted by Crippen LogP contribution is -2.01. The number of benzene rings is 1. The van der Waals surface area contributed by atoms with Crippen molar-refractivity contribution in [1.82, 2.24) is 0 Å². The van der Waals surface area contributed by atoms with Gasteiger partial charge in [-0.1, -0.05) is 68.7 Å². The van der Waals surface area contributed by atoms with Crippen LogP contribution in [0.15, 0.2) is 36.4 Å². The monoisotopic (exact) mass is 316 g/mol. The minimum absolute atomic E-state index is 0.211. The standard InChI is InChI=1S/C20H28O3/c1-2-3-5-12-19(21)15-14-18-11-8-10-17(16-18)9-6-4-7-13-20(22)23/h6,8-11,14-16,19,21H,2-5,7,12-13H2,1H3,(H,22,23)/b9-6+,15-14+. The Kier molecular flexibility index (Phi) is 9.73. The fourth-order valence-corrected chi connectivity index (χ4v) is 2.28. The molecule has 0 aliphatic carbocycles. The lowest BCUT2D eigenvalue weighted by Gasteiger charge is -2.04. The van der Waals surface area contributed by atoms with E-state index in [0.717, 1.165) is 43.2 Å². The minimum Gasteiger partial charge on any atom is -0.481 e. The van der Waals surface area contributed by atoms with Crippen LogP contribution in [0.2, 0.25) is 0 Å². The highest BCUT2D eigenvalue weighted by Crippen LogP contribution is 2.12. The molecule has 2 N–H and O–H groups in total.